The quantitative estimate of drug-likeness (QED) is 0.513. The first-order valence-electron chi connectivity index (χ1n) is 8.29. The van der Waals surface area contributed by atoms with Crippen molar-refractivity contribution >= 4 is 5.78 Å². The molecule has 0 bridgehead atoms. The number of ketones is 1. The lowest BCUT2D eigenvalue weighted by molar-refractivity contribution is -0.355. The molecule has 0 aromatic heterocycles. The van der Waals surface area contributed by atoms with Gasteiger partial charge in [0.15, 0.2) is 5.78 Å². The first-order chi connectivity index (χ1) is 8.97. The molecule has 0 heterocycles. The highest BCUT2D eigenvalue weighted by atomic mass is 127. The van der Waals surface area contributed by atoms with Crippen molar-refractivity contribution in [2.24, 2.45) is 23.7 Å². The van der Waals surface area contributed by atoms with Crippen LogP contribution in [0, 0.1) is 23.7 Å². The van der Waals surface area contributed by atoms with Gasteiger partial charge < -0.3 is 29.7 Å². The molecule has 122 valence electrons. The lowest BCUT2D eigenvalue weighted by atomic mass is 9.74. The fourth-order valence-electron chi connectivity index (χ4n) is 3.13. The monoisotopic (exact) mass is 397 g/mol. The third kappa shape index (κ3) is 8.60. The number of hydrogen-bond acceptors (Lipinski definition) is 1. The maximum Gasteiger partial charge on any atom is 0.189 e. The molecule has 3 unspecified atom stereocenters. The Bertz CT molecular complexity index is 243. The molecule has 0 aliphatic carbocycles. The van der Waals surface area contributed by atoms with E-state index in [0.29, 0.717) is 24.2 Å². The summed E-state index contributed by atoms with van der Waals surface area (Å²) in [6.07, 6.45) is 7.19. The van der Waals surface area contributed by atoms with Crippen LogP contribution in [0.25, 0.3) is 0 Å². The summed E-state index contributed by atoms with van der Waals surface area (Å²) in [5.74, 6) is 2.61. The van der Waals surface area contributed by atoms with Crippen molar-refractivity contribution in [3.63, 3.8) is 0 Å². The summed E-state index contributed by atoms with van der Waals surface area (Å²) in [5, 5.41) is 0. The van der Waals surface area contributed by atoms with Gasteiger partial charge in [-0.3, -0.25) is 4.79 Å². The largest absolute Gasteiger partial charge is 1.00 e. The van der Waals surface area contributed by atoms with E-state index in [1.54, 1.807) is 0 Å². The number of hydrogen-bond donors (Lipinski definition) is 1. The standard InChI is InChI=1S/C17H35NO.HI/c1-6-8-15(11-10-13(3)4)14(5)16(9-7-2)17(19)12-18;/h13-16H,6-12,18H2,1-5H3;1H. The molecule has 0 aromatic carbocycles. The van der Waals surface area contributed by atoms with Gasteiger partial charge in [-0.05, 0) is 30.6 Å². The molecule has 0 rings (SSSR count). The van der Waals surface area contributed by atoms with Gasteiger partial charge in [0.2, 0.25) is 0 Å². The molecule has 0 aliphatic heterocycles. The second-order valence-electron chi connectivity index (χ2n) is 6.49. The molecule has 3 heteroatoms. The van der Waals surface area contributed by atoms with Crippen LogP contribution in [-0.2, 0) is 4.79 Å². The minimum Gasteiger partial charge on any atom is -1.00 e. The smallest absolute Gasteiger partial charge is 0.189 e. The molecule has 0 saturated carbocycles. The lowest BCUT2D eigenvalue weighted by Crippen LogP contribution is -3.00. The summed E-state index contributed by atoms with van der Waals surface area (Å²) in [6, 6.07) is 0. The summed E-state index contributed by atoms with van der Waals surface area (Å²) >= 11 is 0. The highest BCUT2D eigenvalue weighted by Gasteiger charge is 2.29. The van der Waals surface area contributed by atoms with E-state index in [1.165, 1.54) is 25.7 Å². The minimum absolute atomic E-state index is 0. The Morgan fingerprint density at radius 1 is 0.950 bits per heavy atom. The highest BCUT2D eigenvalue weighted by Crippen LogP contribution is 2.32. The van der Waals surface area contributed by atoms with Gasteiger partial charge in [-0.25, -0.2) is 0 Å². The fourth-order valence-corrected chi connectivity index (χ4v) is 3.13. The first kappa shape index (κ1) is 22.6. The summed E-state index contributed by atoms with van der Waals surface area (Å²) < 4.78 is 0. The highest BCUT2D eigenvalue weighted by molar-refractivity contribution is 5.81. The van der Waals surface area contributed by atoms with Crippen molar-refractivity contribution in [2.45, 2.75) is 73.1 Å². The van der Waals surface area contributed by atoms with Crippen LogP contribution in [0.4, 0.5) is 0 Å². The molecule has 0 amide bonds. The Hall–Kier alpha value is 0.360. The number of quaternary nitrogens is 1. The van der Waals surface area contributed by atoms with E-state index in [0.717, 1.165) is 18.8 Å². The molecule has 0 saturated heterocycles. The van der Waals surface area contributed by atoms with E-state index in [-0.39, 0.29) is 29.9 Å². The Labute approximate surface area is 143 Å². The van der Waals surface area contributed by atoms with Crippen LogP contribution in [0.5, 0.6) is 0 Å². The Kier molecular flexibility index (Phi) is 14.8. The average molecular weight is 397 g/mol. The van der Waals surface area contributed by atoms with E-state index in [9.17, 15) is 4.79 Å². The van der Waals surface area contributed by atoms with E-state index in [2.05, 4.69) is 40.4 Å². The molecule has 3 N–H and O–H groups in total. The molecule has 20 heavy (non-hydrogen) atoms. The molecule has 0 fully saturated rings. The van der Waals surface area contributed by atoms with Crippen molar-refractivity contribution in [1.82, 2.24) is 0 Å². The Morgan fingerprint density at radius 2 is 1.50 bits per heavy atom. The maximum atomic E-state index is 12.1. The molecule has 0 spiro atoms. The Morgan fingerprint density at radius 3 is 1.90 bits per heavy atom. The second kappa shape index (κ2) is 13.1. The molecular formula is C17H36INO. The number of carbonyl (C=O) groups excluding carboxylic acids is 1. The van der Waals surface area contributed by atoms with Gasteiger partial charge in [-0.15, -0.1) is 0 Å². The van der Waals surface area contributed by atoms with Gasteiger partial charge in [0.1, 0.15) is 6.54 Å². The van der Waals surface area contributed by atoms with Gasteiger partial charge in [0.05, 0.1) is 0 Å². The number of rotatable bonds is 11. The minimum atomic E-state index is 0. The number of carbonyl (C=O) groups is 1. The average Bonchev–Trinajstić information content (AvgIpc) is 2.39. The van der Waals surface area contributed by atoms with Crippen LogP contribution < -0.4 is 29.7 Å². The molecule has 0 radical (unpaired) electrons. The van der Waals surface area contributed by atoms with Crippen LogP contribution in [-0.4, -0.2) is 12.3 Å². The molecule has 2 nitrogen and oxygen atoms in total. The molecule has 0 aromatic rings. The van der Waals surface area contributed by atoms with Crippen LogP contribution in [0.2, 0.25) is 0 Å². The Balaban J connectivity index is 0. The van der Waals surface area contributed by atoms with Crippen LogP contribution in [0.1, 0.15) is 73.1 Å². The second-order valence-corrected chi connectivity index (χ2v) is 6.49. The zero-order chi connectivity index (χ0) is 14.8. The van der Waals surface area contributed by atoms with Crippen LogP contribution in [0.3, 0.4) is 0 Å². The van der Waals surface area contributed by atoms with Crippen molar-refractivity contribution in [3.05, 3.63) is 0 Å². The third-order valence-electron chi connectivity index (χ3n) is 4.41. The van der Waals surface area contributed by atoms with Gasteiger partial charge in [0, 0.05) is 5.92 Å². The number of halogens is 1. The first-order valence-corrected chi connectivity index (χ1v) is 8.29. The topological polar surface area (TPSA) is 44.7 Å². The summed E-state index contributed by atoms with van der Waals surface area (Å²) in [6.45, 7) is 11.8. The van der Waals surface area contributed by atoms with Crippen LogP contribution in [0.15, 0.2) is 0 Å². The maximum absolute atomic E-state index is 12.1. The van der Waals surface area contributed by atoms with E-state index >= 15 is 0 Å². The summed E-state index contributed by atoms with van der Waals surface area (Å²) in [7, 11) is 0. The summed E-state index contributed by atoms with van der Waals surface area (Å²) in [4.78, 5) is 12.1. The number of Topliss-reactive ketones (excluding diaryl/α,β-unsaturated/α-hetero) is 1. The molecule has 0 aliphatic rings. The fraction of sp³-hybridized carbons (Fsp3) is 0.941. The van der Waals surface area contributed by atoms with Crippen molar-refractivity contribution < 1.29 is 34.5 Å². The zero-order valence-electron chi connectivity index (χ0n) is 14.3. The zero-order valence-corrected chi connectivity index (χ0v) is 16.4. The normalized spacial score (nSPS) is 15.6. The predicted octanol–water partition coefficient (Wildman–Crippen LogP) is 0.706. The molecular weight excluding hydrogens is 361 g/mol. The third-order valence-corrected chi connectivity index (χ3v) is 4.41. The summed E-state index contributed by atoms with van der Waals surface area (Å²) in [5.41, 5.74) is 3.80. The van der Waals surface area contributed by atoms with Crippen molar-refractivity contribution in [1.29, 1.82) is 0 Å². The predicted molar refractivity (Wildman–Crippen MR) is 82.8 cm³/mol. The molecule has 3 atom stereocenters. The van der Waals surface area contributed by atoms with E-state index in [4.69, 9.17) is 0 Å². The SMILES string of the molecule is CCCC(CCC(C)C)C(C)C(CCC)C(=O)C[NH3+].[I-]. The van der Waals surface area contributed by atoms with E-state index in [1.807, 2.05) is 0 Å². The van der Waals surface area contributed by atoms with Gasteiger partial charge in [0.25, 0.3) is 0 Å². The van der Waals surface area contributed by atoms with Crippen molar-refractivity contribution in [2.75, 3.05) is 6.54 Å². The van der Waals surface area contributed by atoms with E-state index < -0.39 is 0 Å². The lowest BCUT2D eigenvalue weighted by Gasteiger charge is -2.30. The van der Waals surface area contributed by atoms with Gasteiger partial charge in [-0.1, -0.05) is 60.3 Å². The van der Waals surface area contributed by atoms with Crippen molar-refractivity contribution in [3.8, 4) is 0 Å². The van der Waals surface area contributed by atoms with Crippen LogP contribution >= 0.6 is 0 Å². The van der Waals surface area contributed by atoms with Gasteiger partial charge in [-0.2, -0.15) is 0 Å². The van der Waals surface area contributed by atoms with Gasteiger partial charge >= 0.3 is 0 Å².